The van der Waals surface area contributed by atoms with Gasteiger partial charge in [0.1, 0.15) is 0 Å². The van der Waals surface area contributed by atoms with E-state index in [1.54, 1.807) is 11.3 Å². The summed E-state index contributed by atoms with van der Waals surface area (Å²) in [6, 6.07) is 9.80. The topological polar surface area (TPSA) is 8.17 Å². The Kier molecular flexibility index (Phi) is 6.58. The van der Waals surface area contributed by atoms with Gasteiger partial charge in [-0.05, 0) is 70.2 Å². The molecular formula is C23H36N2. The van der Waals surface area contributed by atoms with E-state index in [2.05, 4.69) is 54.5 Å². The summed E-state index contributed by atoms with van der Waals surface area (Å²) in [5, 5.41) is 1.48. The molecule has 0 amide bonds. The molecule has 2 heteroatoms. The molecule has 1 aliphatic rings. The highest BCUT2D eigenvalue weighted by atomic mass is 15.1. The Morgan fingerprint density at radius 1 is 0.960 bits per heavy atom. The molecule has 1 aromatic carbocycles. The first-order chi connectivity index (χ1) is 12.3. The molecule has 1 aromatic heterocycles. The average Bonchev–Trinajstić information content (AvgIpc) is 2.95. The first-order valence-corrected chi connectivity index (χ1v) is 10.6. The summed E-state index contributed by atoms with van der Waals surface area (Å²) >= 11 is 0. The Bertz CT molecular complexity index is 670. The van der Waals surface area contributed by atoms with Crippen LogP contribution >= 0.6 is 0 Å². The Labute approximate surface area is 154 Å². The molecule has 0 spiro atoms. The molecule has 1 saturated heterocycles. The molecule has 0 radical (unpaired) electrons. The fourth-order valence-corrected chi connectivity index (χ4v) is 4.73. The molecule has 1 atom stereocenters. The summed E-state index contributed by atoms with van der Waals surface area (Å²) < 4.78 is 2.61. The minimum atomic E-state index is 0.806. The lowest BCUT2D eigenvalue weighted by atomic mass is 10.0. The number of unbranched alkanes of at least 4 members (excludes halogenated alkanes) is 2. The molecule has 1 aliphatic heterocycles. The minimum Gasteiger partial charge on any atom is -0.344 e. The van der Waals surface area contributed by atoms with Crippen molar-refractivity contribution < 1.29 is 0 Å². The SMILES string of the molecule is CCc1c(CC)n(CCCCCN2CCCCC2C)c2ccccc12. The minimum absolute atomic E-state index is 0.806. The zero-order chi connectivity index (χ0) is 17.6. The normalized spacial score (nSPS) is 18.9. The van der Waals surface area contributed by atoms with Crippen LogP contribution in [0.4, 0.5) is 0 Å². The average molecular weight is 341 g/mol. The van der Waals surface area contributed by atoms with Crippen LogP contribution in [0.2, 0.25) is 0 Å². The van der Waals surface area contributed by atoms with Gasteiger partial charge < -0.3 is 9.47 Å². The number of piperidine rings is 1. The van der Waals surface area contributed by atoms with E-state index in [9.17, 15) is 0 Å². The Hall–Kier alpha value is -1.28. The van der Waals surface area contributed by atoms with Crippen LogP contribution in [-0.2, 0) is 19.4 Å². The third-order valence-corrected chi connectivity index (χ3v) is 6.15. The lowest BCUT2D eigenvalue weighted by Crippen LogP contribution is -2.37. The van der Waals surface area contributed by atoms with Crippen LogP contribution < -0.4 is 0 Å². The summed E-state index contributed by atoms with van der Waals surface area (Å²) in [7, 11) is 0. The fraction of sp³-hybridized carbons (Fsp3) is 0.652. The number of aryl methyl sites for hydroxylation is 2. The lowest BCUT2D eigenvalue weighted by molar-refractivity contribution is 0.157. The Morgan fingerprint density at radius 3 is 2.52 bits per heavy atom. The molecule has 138 valence electrons. The van der Waals surface area contributed by atoms with E-state index in [4.69, 9.17) is 0 Å². The third kappa shape index (κ3) is 4.11. The van der Waals surface area contributed by atoms with Crippen molar-refractivity contribution in [2.24, 2.45) is 0 Å². The van der Waals surface area contributed by atoms with E-state index < -0.39 is 0 Å². The standard InChI is InChI=1S/C23H36N2/c1-4-20-21-14-7-8-15-23(21)25(22(20)5-2)18-11-6-10-16-24-17-12-9-13-19(24)3/h7-8,14-15,19H,4-6,9-13,16-18H2,1-3H3. The number of benzene rings is 1. The van der Waals surface area contributed by atoms with Crippen LogP contribution in [0, 0.1) is 0 Å². The number of nitrogens with zero attached hydrogens (tertiary/aromatic N) is 2. The molecule has 2 aromatic rings. The van der Waals surface area contributed by atoms with E-state index in [0.717, 1.165) is 18.9 Å². The van der Waals surface area contributed by atoms with Crippen molar-refractivity contribution in [2.45, 2.75) is 84.7 Å². The second kappa shape index (κ2) is 8.89. The van der Waals surface area contributed by atoms with Crippen molar-refractivity contribution in [3.8, 4) is 0 Å². The van der Waals surface area contributed by atoms with Gasteiger partial charge in [-0.25, -0.2) is 0 Å². The van der Waals surface area contributed by atoms with Gasteiger partial charge in [0, 0.05) is 29.2 Å². The van der Waals surface area contributed by atoms with Crippen LogP contribution in [0.5, 0.6) is 0 Å². The molecule has 2 nitrogen and oxygen atoms in total. The first-order valence-electron chi connectivity index (χ1n) is 10.6. The molecule has 2 heterocycles. The second-order valence-electron chi connectivity index (χ2n) is 7.74. The van der Waals surface area contributed by atoms with Gasteiger partial charge >= 0.3 is 0 Å². The summed E-state index contributed by atoms with van der Waals surface area (Å²) in [6.07, 6.45) is 10.5. The fourth-order valence-electron chi connectivity index (χ4n) is 4.73. The molecule has 0 N–H and O–H groups in total. The summed E-state index contributed by atoms with van der Waals surface area (Å²) in [5.74, 6) is 0. The quantitative estimate of drug-likeness (QED) is 0.550. The Balaban J connectivity index is 1.58. The number of hydrogen-bond acceptors (Lipinski definition) is 1. The zero-order valence-electron chi connectivity index (χ0n) is 16.6. The van der Waals surface area contributed by atoms with Crippen LogP contribution in [0.15, 0.2) is 24.3 Å². The zero-order valence-corrected chi connectivity index (χ0v) is 16.6. The van der Waals surface area contributed by atoms with E-state index >= 15 is 0 Å². The van der Waals surface area contributed by atoms with Crippen LogP contribution in [0.1, 0.15) is 70.6 Å². The van der Waals surface area contributed by atoms with Gasteiger partial charge in [-0.1, -0.05) is 44.9 Å². The molecule has 3 rings (SSSR count). The van der Waals surface area contributed by atoms with Crippen molar-refractivity contribution in [1.29, 1.82) is 0 Å². The second-order valence-corrected chi connectivity index (χ2v) is 7.74. The molecular weight excluding hydrogens is 304 g/mol. The van der Waals surface area contributed by atoms with E-state index in [1.165, 1.54) is 69.1 Å². The number of hydrogen-bond donors (Lipinski definition) is 0. The summed E-state index contributed by atoms with van der Waals surface area (Å²) in [6.45, 7) is 10.8. The molecule has 25 heavy (non-hydrogen) atoms. The van der Waals surface area contributed by atoms with Gasteiger partial charge in [-0.2, -0.15) is 0 Å². The van der Waals surface area contributed by atoms with Gasteiger partial charge in [0.25, 0.3) is 0 Å². The molecule has 0 saturated carbocycles. The van der Waals surface area contributed by atoms with E-state index in [-0.39, 0.29) is 0 Å². The molecule has 1 fully saturated rings. The predicted octanol–water partition coefficient (Wildman–Crippen LogP) is 5.81. The highest BCUT2D eigenvalue weighted by Gasteiger charge is 2.17. The Morgan fingerprint density at radius 2 is 1.76 bits per heavy atom. The number of para-hydroxylation sites is 1. The monoisotopic (exact) mass is 340 g/mol. The predicted molar refractivity (Wildman–Crippen MR) is 109 cm³/mol. The maximum Gasteiger partial charge on any atom is 0.0485 e. The smallest absolute Gasteiger partial charge is 0.0485 e. The van der Waals surface area contributed by atoms with Crippen LogP contribution in [-0.4, -0.2) is 28.6 Å². The largest absolute Gasteiger partial charge is 0.344 e. The summed E-state index contributed by atoms with van der Waals surface area (Å²) in [4.78, 5) is 2.71. The number of fused-ring (bicyclic) bond motifs is 1. The number of rotatable bonds is 8. The van der Waals surface area contributed by atoms with Gasteiger partial charge in [0.2, 0.25) is 0 Å². The van der Waals surface area contributed by atoms with Gasteiger partial charge in [0.05, 0.1) is 0 Å². The van der Waals surface area contributed by atoms with E-state index in [1.807, 2.05) is 0 Å². The third-order valence-electron chi connectivity index (χ3n) is 6.15. The lowest BCUT2D eigenvalue weighted by Gasteiger charge is -2.33. The van der Waals surface area contributed by atoms with E-state index in [0.29, 0.717) is 0 Å². The van der Waals surface area contributed by atoms with Crippen molar-refractivity contribution >= 4 is 10.9 Å². The van der Waals surface area contributed by atoms with Gasteiger partial charge in [-0.15, -0.1) is 0 Å². The van der Waals surface area contributed by atoms with Crippen molar-refractivity contribution in [1.82, 2.24) is 9.47 Å². The van der Waals surface area contributed by atoms with Gasteiger partial charge in [0.15, 0.2) is 0 Å². The van der Waals surface area contributed by atoms with Crippen molar-refractivity contribution in [3.05, 3.63) is 35.5 Å². The molecule has 0 aliphatic carbocycles. The van der Waals surface area contributed by atoms with Crippen molar-refractivity contribution in [2.75, 3.05) is 13.1 Å². The highest BCUT2D eigenvalue weighted by Crippen LogP contribution is 2.28. The maximum atomic E-state index is 2.71. The first kappa shape index (κ1) is 18.5. The number of likely N-dealkylation sites (tertiary alicyclic amines) is 1. The molecule has 1 unspecified atom stereocenters. The van der Waals surface area contributed by atoms with Crippen LogP contribution in [0.3, 0.4) is 0 Å². The van der Waals surface area contributed by atoms with Gasteiger partial charge in [-0.3, -0.25) is 0 Å². The number of aromatic nitrogens is 1. The highest BCUT2D eigenvalue weighted by molar-refractivity contribution is 5.85. The molecule has 0 bridgehead atoms. The maximum absolute atomic E-state index is 2.71. The van der Waals surface area contributed by atoms with Crippen molar-refractivity contribution in [3.63, 3.8) is 0 Å². The summed E-state index contributed by atoms with van der Waals surface area (Å²) in [5.41, 5.74) is 4.58. The van der Waals surface area contributed by atoms with Crippen LogP contribution in [0.25, 0.3) is 10.9 Å².